The van der Waals surface area contributed by atoms with E-state index in [1.165, 1.54) is 32.1 Å². The minimum Gasteiger partial charge on any atom is -0.459 e. The predicted octanol–water partition coefficient (Wildman–Crippen LogP) is 4.31. The van der Waals surface area contributed by atoms with Gasteiger partial charge in [0.2, 0.25) is 5.89 Å². The Kier molecular flexibility index (Phi) is 2.37. The lowest BCUT2D eigenvalue weighted by atomic mass is 9.49. The van der Waals surface area contributed by atoms with Gasteiger partial charge in [-0.2, -0.15) is 0 Å². The molecule has 2 aromatic heterocycles. The smallest absolute Gasteiger partial charge is 0.283 e. The Hall–Kier alpha value is -1.10. The van der Waals surface area contributed by atoms with Crippen molar-refractivity contribution in [2.45, 2.75) is 48.3 Å². The minimum absolute atomic E-state index is 0.0887. The van der Waals surface area contributed by atoms with Gasteiger partial charge in [0.25, 0.3) is 5.89 Å². The SMILES string of the molecule is BrC12CC3CC(C1)CC(c1nnc(-c4ccco4)o1)(C3)C2. The van der Waals surface area contributed by atoms with Crippen LogP contribution in [0.3, 0.4) is 0 Å². The molecule has 4 nitrogen and oxygen atoms in total. The van der Waals surface area contributed by atoms with Gasteiger partial charge in [0.05, 0.1) is 11.7 Å². The van der Waals surface area contributed by atoms with Crippen molar-refractivity contribution in [1.29, 1.82) is 0 Å². The van der Waals surface area contributed by atoms with Crippen molar-refractivity contribution in [3.8, 4) is 11.7 Å². The van der Waals surface area contributed by atoms with Gasteiger partial charge in [-0.3, -0.25) is 0 Å². The van der Waals surface area contributed by atoms with Gasteiger partial charge in [-0.25, -0.2) is 0 Å². The molecule has 0 N–H and O–H groups in total. The number of furan rings is 1. The maximum atomic E-state index is 6.02. The van der Waals surface area contributed by atoms with Crippen molar-refractivity contribution >= 4 is 15.9 Å². The summed E-state index contributed by atoms with van der Waals surface area (Å²) >= 11 is 4.03. The normalized spacial score (nSPS) is 40.8. The monoisotopic (exact) mass is 348 g/mol. The minimum atomic E-state index is 0.0887. The molecule has 0 amide bonds. The number of aromatic nitrogens is 2. The van der Waals surface area contributed by atoms with Gasteiger partial charge in [-0.05, 0) is 62.5 Å². The lowest BCUT2D eigenvalue weighted by Crippen LogP contribution is -2.55. The van der Waals surface area contributed by atoms with E-state index in [0.717, 1.165) is 24.1 Å². The maximum absolute atomic E-state index is 6.02. The molecule has 4 aliphatic rings. The molecule has 2 heterocycles. The van der Waals surface area contributed by atoms with Crippen LogP contribution < -0.4 is 0 Å². The molecule has 4 bridgehead atoms. The third-order valence-electron chi connectivity index (χ3n) is 5.60. The summed E-state index contributed by atoms with van der Waals surface area (Å²) in [6, 6.07) is 3.71. The lowest BCUT2D eigenvalue weighted by molar-refractivity contribution is 0.00129. The van der Waals surface area contributed by atoms with Crippen molar-refractivity contribution in [3.05, 3.63) is 24.3 Å². The summed E-state index contributed by atoms with van der Waals surface area (Å²) in [5, 5.41) is 8.61. The average Bonchev–Trinajstić information content (AvgIpc) is 3.07. The molecule has 4 fully saturated rings. The Morgan fingerprint density at radius 2 is 1.95 bits per heavy atom. The van der Waals surface area contributed by atoms with E-state index in [1.807, 2.05) is 12.1 Å². The number of rotatable bonds is 2. The number of hydrogen-bond acceptors (Lipinski definition) is 4. The first-order valence-electron chi connectivity index (χ1n) is 7.71. The molecule has 0 radical (unpaired) electrons. The van der Waals surface area contributed by atoms with Gasteiger partial charge in [0.15, 0.2) is 5.76 Å². The summed E-state index contributed by atoms with van der Waals surface area (Å²) in [6.07, 6.45) is 9.18. The van der Waals surface area contributed by atoms with Crippen LogP contribution in [0.5, 0.6) is 0 Å². The standard InChI is InChI=1S/C16H17BrN2O2/c17-16-7-10-4-11(8-16)6-15(5-10,9-16)14-19-18-13(21-14)12-2-1-3-20-12/h1-3,10-11H,4-9H2. The third kappa shape index (κ3) is 1.79. The number of alkyl halides is 1. The molecule has 0 aliphatic heterocycles. The third-order valence-corrected chi connectivity index (χ3v) is 6.53. The zero-order valence-electron chi connectivity index (χ0n) is 11.7. The van der Waals surface area contributed by atoms with E-state index in [2.05, 4.69) is 26.1 Å². The van der Waals surface area contributed by atoms with Gasteiger partial charge in [-0.1, -0.05) is 15.9 Å². The quantitative estimate of drug-likeness (QED) is 0.758. The molecule has 5 heteroatoms. The van der Waals surface area contributed by atoms with Crippen molar-refractivity contribution in [1.82, 2.24) is 10.2 Å². The van der Waals surface area contributed by atoms with Crippen molar-refractivity contribution in [2.75, 3.05) is 0 Å². The molecule has 2 unspecified atom stereocenters. The second-order valence-electron chi connectivity index (χ2n) is 7.28. The molecule has 21 heavy (non-hydrogen) atoms. The number of nitrogens with zero attached hydrogens (tertiary/aromatic N) is 2. The highest BCUT2D eigenvalue weighted by Crippen LogP contribution is 2.64. The Balaban J connectivity index is 1.55. The van der Waals surface area contributed by atoms with E-state index in [4.69, 9.17) is 8.83 Å². The van der Waals surface area contributed by atoms with Crippen LogP contribution in [0.1, 0.15) is 44.4 Å². The fourth-order valence-corrected chi connectivity index (χ4v) is 6.79. The molecular weight excluding hydrogens is 332 g/mol. The van der Waals surface area contributed by atoms with E-state index < -0.39 is 0 Å². The highest BCUT2D eigenvalue weighted by molar-refractivity contribution is 9.10. The van der Waals surface area contributed by atoms with Crippen molar-refractivity contribution in [3.63, 3.8) is 0 Å². The summed E-state index contributed by atoms with van der Waals surface area (Å²) in [6.45, 7) is 0. The first-order valence-corrected chi connectivity index (χ1v) is 8.50. The number of hydrogen-bond donors (Lipinski definition) is 0. The molecular formula is C16H17BrN2O2. The van der Waals surface area contributed by atoms with Crippen molar-refractivity contribution in [2.24, 2.45) is 11.8 Å². The summed E-state index contributed by atoms with van der Waals surface area (Å²) in [7, 11) is 0. The Bertz CT molecular complexity index is 664. The average molecular weight is 349 g/mol. The second kappa shape index (κ2) is 4.00. The summed E-state index contributed by atoms with van der Waals surface area (Å²) < 4.78 is 11.7. The Morgan fingerprint density at radius 1 is 1.14 bits per heavy atom. The fourth-order valence-electron chi connectivity index (χ4n) is 5.34. The summed E-state index contributed by atoms with van der Waals surface area (Å²) in [5.41, 5.74) is 0.0887. The second-order valence-corrected chi connectivity index (χ2v) is 8.96. The highest BCUT2D eigenvalue weighted by Gasteiger charge is 2.59. The largest absolute Gasteiger partial charge is 0.459 e. The summed E-state index contributed by atoms with van der Waals surface area (Å²) in [5.74, 6) is 3.61. The Labute approximate surface area is 131 Å². The lowest BCUT2D eigenvalue weighted by Gasteiger charge is -2.58. The number of halogens is 1. The van der Waals surface area contributed by atoms with Crippen molar-refractivity contribution < 1.29 is 8.83 Å². The van der Waals surface area contributed by atoms with Crippen LogP contribution in [0, 0.1) is 11.8 Å². The molecule has 2 atom stereocenters. The van der Waals surface area contributed by atoms with E-state index in [9.17, 15) is 0 Å². The molecule has 4 saturated carbocycles. The Morgan fingerprint density at radius 3 is 2.62 bits per heavy atom. The topological polar surface area (TPSA) is 52.1 Å². The first-order chi connectivity index (χ1) is 10.1. The van der Waals surface area contributed by atoms with Crippen LogP contribution in [-0.2, 0) is 5.41 Å². The summed E-state index contributed by atoms with van der Waals surface area (Å²) in [4.78, 5) is 0. The molecule has 4 aliphatic carbocycles. The van der Waals surface area contributed by atoms with E-state index in [-0.39, 0.29) is 5.41 Å². The van der Waals surface area contributed by atoms with Gasteiger partial charge < -0.3 is 8.83 Å². The van der Waals surface area contributed by atoms with E-state index >= 15 is 0 Å². The predicted molar refractivity (Wildman–Crippen MR) is 80.0 cm³/mol. The molecule has 2 aromatic rings. The molecule has 0 spiro atoms. The van der Waals surface area contributed by atoms with E-state index in [0.29, 0.717) is 16.0 Å². The molecule has 6 rings (SSSR count). The van der Waals surface area contributed by atoms with Crippen LogP contribution in [0.25, 0.3) is 11.7 Å². The maximum Gasteiger partial charge on any atom is 0.283 e. The molecule has 110 valence electrons. The highest BCUT2D eigenvalue weighted by atomic mass is 79.9. The zero-order chi connectivity index (χ0) is 14.1. The fraction of sp³-hybridized carbons (Fsp3) is 0.625. The van der Waals surface area contributed by atoms with Crippen LogP contribution in [-0.4, -0.2) is 14.5 Å². The van der Waals surface area contributed by atoms with Gasteiger partial charge >= 0.3 is 0 Å². The first kappa shape index (κ1) is 12.4. The van der Waals surface area contributed by atoms with Crippen LogP contribution >= 0.6 is 15.9 Å². The molecule has 0 aromatic carbocycles. The van der Waals surface area contributed by atoms with Crippen LogP contribution in [0.4, 0.5) is 0 Å². The zero-order valence-corrected chi connectivity index (χ0v) is 13.3. The molecule has 0 saturated heterocycles. The van der Waals surface area contributed by atoms with Gasteiger partial charge in [0, 0.05) is 4.32 Å². The van der Waals surface area contributed by atoms with E-state index in [1.54, 1.807) is 6.26 Å². The van der Waals surface area contributed by atoms with Crippen LogP contribution in [0.2, 0.25) is 0 Å². The van der Waals surface area contributed by atoms with Gasteiger partial charge in [-0.15, -0.1) is 10.2 Å². The van der Waals surface area contributed by atoms with Crippen LogP contribution in [0.15, 0.2) is 27.2 Å². The van der Waals surface area contributed by atoms with Gasteiger partial charge in [0.1, 0.15) is 0 Å².